The molecule has 0 bridgehead atoms. The quantitative estimate of drug-likeness (QED) is 0.385. The highest BCUT2D eigenvalue weighted by Gasteiger charge is 2.34. The van der Waals surface area contributed by atoms with E-state index in [2.05, 4.69) is 0 Å². The molecular weight excluding hydrogens is 356 g/mol. The molecule has 27 heavy (non-hydrogen) atoms. The van der Waals surface area contributed by atoms with Crippen molar-refractivity contribution in [1.29, 1.82) is 0 Å². The van der Waals surface area contributed by atoms with Gasteiger partial charge in [-0.3, -0.25) is 0 Å². The lowest BCUT2D eigenvalue weighted by Gasteiger charge is -2.18. The fourth-order valence-electron chi connectivity index (χ4n) is 2.73. The molecule has 0 aliphatic carbocycles. The van der Waals surface area contributed by atoms with E-state index in [0.717, 1.165) is 41.3 Å². The number of carbonyl (C=O) groups excluding carboxylic acids is 4. The monoisotopic (exact) mass is 380 g/mol. The summed E-state index contributed by atoms with van der Waals surface area (Å²) in [5.74, 6) is -3.59. The predicted octanol–water partition coefficient (Wildman–Crippen LogP) is 2.57. The maximum absolute atomic E-state index is 12.5. The molecule has 0 aromatic heterocycles. The van der Waals surface area contributed by atoms with Gasteiger partial charge in [-0.25, -0.2) is 19.2 Å². The molecule has 0 unspecified atom stereocenters. The molecule has 1 aromatic carbocycles. The smallest absolute Gasteiger partial charge is 0.339 e. The van der Waals surface area contributed by atoms with Crippen molar-refractivity contribution in [2.24, 2.45) is 0 Å². The van der Waals surface area contributed by atoms with Crippen LogP contribution in [-0.2, 0) is 25.4 Å². The van der Waals surface area contributed by atoms with Crippen molar-refractivity contribution in [3.63, 3.8) is 0 Å². The molecule has 8 heteroatoms. The van der Waals surface area contributed by atoms with Crippen LogP contribution >= 0.6 is 0 Å². The molecule has 1 rings (SSSR count). The Morgan fingerprint density at radius 3 is 1.67 bits per heavy atom. The van der Waals surface area contributed by atoms with Gasteiger partial charge in [0.15, 0.2) is 0 Å². The normalized spacial score (nSPS) is 10.1. The zero-order chi connectivity index (χ0) is 20.6. The van der Waals surface area contributed by atoms with Crippen molar-refractivity contribution in [2.45, 2.75) is 32.6 Å². The molecule has 0 aliphatic rings. The Kier molecular flexibility index (Phi) is 8.44. The Morgan fingerprint density at radius 1 is 0.704 bits per heavy atom. The van der Waals surface area contributed by atoms with Crippen LogP contribution < -0.4 is 0 Å². The highest BCUT2D eigenvalue weighted by molar-refractivity contribution is 6.15. The van der Waals surface area contributed by atoms with Crippen LogP contribution in [0.1, 0.15) is 73.2 Å². The second-order valence-electron chi connectivity index (χ2n) is 5.63. The Bertz CT molecular complexity index is 736. The van der Waals surface area contributed by atoms with Gasteiger partial charge < -0.3 is 18.9 Å². The molecule has 0 fully saturated rings. The Hall–Kier alpha value is -2.90. The molecule has 0 radical (unpaired) electrons. The highest BCUT2D eigenvalue weighted by atomic mass is 16.5. The first kappa shape index (κ1) is 22.1. The number of benzene rings is 1. The molecular formula is C19H24O8. The van der Waals surface area contributed by atoms with E-state index < -0.39 is 29.4 Å². The number of carbonyl (C=O) groups is 4. The van der Waals surface area contributed by atoms with Crippen molar-refractivity contribution in [3.8, 4) is 0 Å². The summed E-state index contributed by atoms with van der Waals surface area (Å²) in [6.07, 6.45) is 2.91. The van der Waals surface area contributed by atoms with E-state index in [-0.39, 0.29) is 16.7 Å². The molecule has 0 N–H and O–H groups in total. The van der Waals surface area contributed by atoms with Gasteiger partial charge in [-0.15, -0.1) is 0 Å². The van der Waals surface area contributed by atoms with E-state index in [0.29, 0.717) is 18.4 Å². The van der Waals surface area contributed by atoms with Gasteiger partial charge in [0.1, 0.15) is 0 Å². The minimum absolute atomic E-state index is 0.117. The minimum atomic E-state index is -0.971. The van der Waals surface area contributed by atoms with Gasteiger partial charge in [0.05, 0.1) is 50.7 Å². The number of aryl methyl sites for hydroxylation is 1. The first-order valence-electron chi connectivity index (χ1n) is 8.40. The number of unbranched alkanes of at least 4 members (excludes halogenated alkanes) is 2. The third-order valence-electron chi connectivity index (χ3n) is 4.03. The third-order valence-corrected chi connectivity index (χ3v) is 4.03. The SMILES string of the molecule is CCCCCc1cc(C(=O)OC)c(C(=O)OC)c(C(=O)OC)c1C(=O)OC. The van der Waals surface area contributed by atoms with Gasteiger partial charge in [0.2, 0.25) is 0 Å². The van der Waals surface area contributed by atoms with Gasteiger partial charge in [-0.1, -0.05) is 19.8 Å². The summed E-state index contributed by atoms with van der Waals surface area (Å²) in [5, 5.41) is 0. The Balaban J connectivity index is 3.93. The molecule has 0 heterocycles. The van der Waals surface area contributed by atoms with Crippen LogP contribution in [0.4, 0.5) is 0 Å². The van der Waals surface area contributed by atoms with Crippen LogP contribution in [0.2, 0.25) is 0 Å². The predicted molar refractivity (Wildman–Crippen MR) is 95.0 cm³/mol. The van der Waals surface area contributed by atoms with Gasteiger partial charge >= 0.3 is 23.9 Å². The van der Waals surface area contributed by atoms with Gasteiger partial charge in [-0.05, 0) is 24.5 Å². The van der Waals surface area contributed by atoms with E-state index >= 15 is 0 Å². The van der Waals surface area contributed by atoms with E-state index in [9.17, 15) is 19.2 Å². The molecule has 0 spiro atoms. The second-order valence-corrected chi connectivity index (χ2v) is 5.63. The molecule has 8 nitrogen and oxygen atoms in total. The minimum Gasteiger partial charge on any atom is -0.465 e. The van der Waals surface area contributed by atoms with E-state index in [4.69, 9.17) is 18.9 Å². The Labute approximate surface area is 157 Å². The number of hydrogen-bond donors (Lipinski definition) is 0. The number of esters is 4. The number of methoxy groups -OCH3 is 4. The van der Waals surface area contributed by atoms with E-state index in [1.165, 1.54) is 6.07 Å². The third kappa shape index (κ3) is 4.84. The summed E-state index contributed by atoms with van der Waals surface area (Å²) >= 11 is 0. The Morgan fingerprint density at radius 2 is 1.19 bits per heavy atom. The summed E-state index contributed by atoms with van der Waals surface area (Å²) in [4.78, 5) is 49.5. The topological polar surface area (TPSA) is 105 Å². The van der Waals surface area contributed by atoms with Crippen molar-refractivity contribution in [3.05, 3.63) is 33.9 Å². The average Bonchev–Trinajstić information content (AvgIpc) is 2.70. The van der Waals surface area contributed by atoms with Crippen LogP contribution in [0.5, 0.6) is 0 Å². The second kappa shape index (κ2) is 10.3. The molecule has 0 saturated carbocycles. The van der Waals surface area contributed by atoms with Crippen molar-refractivity contribution in [2.75, 3.05) is 28.4 Å². The maximum atomic E-state index is 12.5. The van der Waals surface area contributed by atoms with E-state index in [1.54, 1.807) is 0 Å². The van der Waals surface area contributed by atoms with E-state index in [1.807, 2.05) is 6.92 Å². The number of rotatable bonds is 8. The van der Waals surface area contributed by atoms with Crippen LogP contribution in [0, 0.1) is 0 Å². The van der Waals surface area contributed by atoms with Crippen LogP contribution in [0.25, 0.3) is 0 Å². The van der Waals surface area contributed by atoms with Crippen LogP contribution in [-0.4, -0.2) is 52.3 Å². The van der Waals surface area contributed by atoms with Crippen molar-refractivity contribution >= 4 is 23.9 Å². The molecule has 0 amide bonds. The molecule has 0 atom stereocenters. The lowest BCUT2D eigenvalue weighted by atomic mass is 9.88. The zero-order valence-electron chi connectivity index (χ0n) is 16.2. The van der Waals surface area contributed by atoms with Crippen molar-refractivity contribution in [1.82, 2.24) is 0 Å². The summed E-state index contributed by atoms with van der Waals surface area (Å²) in [5.41, 5.74) is -0.664. The highest BCUT2D eigenvalue weighted by Crippen LogP contribution is 2.28. The van der Waals surface area contributed by atoms with Gasteiger partial charge in [0, 0.05) is 0 Å². The fourth-order valence-corrected chi connectivity index (χ4v) is 2.73. The summed E-state index contributed by atoms with van der Waals surface area (Å²) in [6.45, 7) is 2.02. The lowest BCUT2D eigenvalue weighted by Crippen LogP contribution is -2.24. The first-order chi connectivity index (χ1) is 12.9. The fraction of sp³-hybridized carbons (Fsp3) is 0.474. The molecule has 1 aromatic rings. The molecule has 0 aliphatic heterocycles. The van der Waals surface area contributed by atoms with Crippen LogP contribution in [0.15, 0.2) is 6.07 Å². The van der Waals surface area contributed by atoms with Gasteiger partial charge in [-0.2, -0.15) is 0 Å². The summed E-state index contributed by atoms with van der Waals surface area (Å²) in [7, 11) is 4.50. The molecule has 148 valence electrons. The summed E-state index contributed by atoms with van der Waals surface area (Å²) in [6, 6.07) is 1.37. The number of hydrogen-bond acceptors (Lipinski definition) is 8. The number of ether oxygens (including phenoxy) is 4. The average molecular weight is 380 g/mol. The summed E-state index contributed by atoms with van der Waals surface area (Å²) < 4.78 is 19.0. The van der Waals surface area contributed by atoms with Gasteiger partial charge in [0.25, 0.3) is 0 Å². The maximum Gasteiger partial charge on any atom is 0.339 e. The standard InChI is InChI=1S/C19H24O8/c1-6-7-8-9-11-10-12(16(20)24-2)14(18(22)26-4)15(19(23)27-5)13(11)17(21)25-3/h10H,6-9H2,1-5H3. The largest absolute Gasteiger partial charge is 0.465 e. The zero-order valence-corrected chi connectivity index (χ0v) is 16.2. The van der Waals surface area contributed by atoms with Crippen LogP contribution in [0.3, 0.4) is 0 Å². The molecule has 0 saturated heterocycles. The first-order valence-corrected chi connectivity index (χ1v) is 8.40. The lowest BCUT2D eigenvalue weighted by molar-refractivity contribution is 0.0520. The van der Waals surface area contributed by atoms with Crippen molar-refractivity contribution < 1.29 is 38.1 Å².